The van der Waals surface area contributed by atoms with Crippen LogP contribution in [0.4, 0.5) is 0 Å². The molecule has 0 amide bonds. The first kappa shape index (κ1) is 28.7. The van der Waals surface area contributed by atoms with E-state index in [1.54, 1.807) is 7.11 Å². The molecule has 0 radical (unpaired) electrons. The number of ketones is 2. The lowest BCUT2D eigenvalue weighted by atomic mass is 9.63. The predicted octanol–water partition coefficient (Wildman–Crippen LogP) is 8.13. The van der Waals surface area contributed by atoms with Gasteiger partial charge in [0.05, 0.1) is 11.6 Å². The van der Waals surface area contributed by atoms with Gasteiger partial charge in [-0.15, -0.1) is 0 Å². The maximum absolute atomic E-state index is 14.0. The zero-order valence-electron chi connectivity index (χ0n) is 24.5. The van der Waals surface area contributed by atoms with Crippen molar-refractivity contribution in [2.24, 2.45) is 10.8 Å². The Morgan fingerprint density at radius 1 is 0.900 bits per heavy atom. The quantitative estimate of drug-likeness (QED) is 0.319. The van der Waals surface area contributed by atoms with Crippen LogP contribution < -0.4 is 9.47 Å². The third kappa shape index (κ3) is 5.39. The van der Waals surface area contributed by atoms with E-state index in [0.29, 0.717) is 30.9 Å². The van der Waals surface area contributed by atoms with Crippen LogP contribution in [-0.2, 0) is 16.2 Å². The van der Waals surface area contributed by atoms with Gasteiger partial charge in [0.2, 0.25) is 0 Å². The summed E-state index contributed by atoms with van der Waals surface area (Å²) in [7, 11) is 1.63. The van der Waals surface area contributed by atoms with Crippen molar-refractivity contribution in [2.75, 3.05) is 13.7 Å². The smallest absolute Gasteiger partial charge is 0.175 e. The summed E-state index contributed by atoms with van der Waals surface area (Å²) in [6.07, 6.45) is 3.51. The number of allylic oxidation sites excluding steroid dienone is 4. The topological polar surface area (TPSA) is 55.8 Å². The molecule has 1 aliphatic heterocycles. The standard InChI is InChI=1S/C34H40BrNO4/c1-7-13-36-24-16-33(2,3)18-26(37)30(24)29(31-25(36)17-34(4,5)19-27(31)38)22-14-23(35)32(28(15-22)39-6)40-20-21-11-9-8-10-12-21/h8-12,14-15,29H,7,13,16-20H2,1-6H3. The van der Waals surface area contributed by atoms with Crippen molar-refractivity contribution in [3.63, 3.8) is 0 Å². The first-order chi connectivity index (χ1) is 18.9. The normalized spacial score (nSPS) is 20.4. The summed E-state index contributed by atoms with van der Waals surface area (Å²) in [6, 6.07) is 14.0. The van der Waals surface area contributed by atoms with E-state index in [-0.39, 0.29) is 22.4 Å². The van der Waals surface area contributed by atoms with E-state index in [0.717, 1.165) is 63.9 Å². The maximum Gasteiger partial charge on any atom is 0.175 e. The fraction of sp³-hybridized carbons (Fsp3) is 0.471. The van der Waals surface area contributed by atoms with Crippen LogP contribution in [0.25, 0.3) is 0 Å². The molecule has 0 N–H and O–H groups in total. The minimum atomic E-state index is -0.418. The van der Waals surface area contributed by atoms with E-state index in [4.69, 9.17) is 9.47 Å². The summed E-state index contributed by atoms with van der Waals surface area (Å²) >= 11 is 3.74. The number of carbonyl (C=O) groups is 2. The lowest BCUT2D eigenvalue weighted by Gasteiger charge is -2.49. The third-order valence-electron chi connectivity index (χ3n) is 8.28. The molecule has 1 heterocycles. The summed E-state index contributed by atoms with van der Waals surface area (Å²) < 4.78 is 12.8. The number of Topliss-reactive ketones (excluding diaryl/α,β-unsaturated/α-hetero) is 2. The van der Waals surface area contributed by atoms with Crippen LogP contribution in [0.15, 0.2) is 69.5 Å². The minimum Gasteiger partial charge on any atom is -0.493 e. The number of methoxy groups -OCH3 is 1. The average molecular weight is 607 g/mol. The van der Waals surface area contributed by atoms with E-state index >= 15 is 0 Å². The molecule has 0 unspecified atom stereocenters. The molecule has 0 aromatic heterocycles. The molecule has 0 saturated heterocycles. The second kappa shape index (κ2) is 10.8. The molecule has 5 nitrogen and oxygen atoms in total. The predicted molar refractivity (Wildman–Crippen MR) is 161 cm³/mol. The fourth-order valence-electron chi connectivity index (χ4n) is 6.65. The van der Waals surface area contributed by atoms with Crippen LogP contribution in [0.2, 0.25) is 0 Å². The van der Waals surface area contributed by atoms with Gasteiger partial charge in [0, 0.05) is 47.8 Å². The number of benzene rings is 2. The molecule has 0 atom stereocenters. The zero-order chi connectivity index (χ0) is 28.8. The number of ether oxygens (including phenoxy) is 2. The summed E-state index contributed by atoms with van der Waals surface area (Å²) in [5.74, 6) is 1.04. The zero-order valence-corrected chi connectivity index (χ0v) is 26.1. The van der Waals surface area contributed by atoms with Crippen molar-refractivity contribution in [2.45, 2.75) is 79.2 Å². The first-order valence-electron chi connectivity index (χ1n) is 14.3. The molecule has 0 bridgehead atoms. The second-order valence-electron chi connectivity index (χ2n) is 13.0. The molecule has 2 aromatic rings. The molecule has 0 saturated carbocycles. The Morgan fingerprint density at radius 2 is 1.48 bits per heavy atom. The number of hydrogen-bond donors (Lipinski definition) is 0. The van der Waals surface area contributed by atoms with E-state index < -0.39 is 5.92 Å². The molecule has 0 fully saturated rings. The van der Waals surface area contributed by atoms with E-state index in [9.17, 15) is 9.59 Å². The van der Waals surface area contributed by atoms with Crippen LogP contribution in [0.5, 0.6) is 11.5 Å². The number of halogens is 1. The highest BCUT2D eigenvalue weighted by atomic mass is 79.9. The molecule has 6 heteroatoms. The van der Waals surface area contributed by atoms with Gasteiger partial charge in [-0.05, 0) is 69.3 Å². The van der Waals surface area contributed by atoms with Gasteiger partial charge in [0.25, 0.3) is 0 Å². The summed E-state index contributed by atoms with van der Waals surface area (Å²) in [6.45, 7) is 12.1. The van der Waals surface area contributed by atoms with Crippen molar-refractivity contribution < 1.29 is 19.1 Å². The van der Waals surface area contributed by atoms with Gasteiger partial charge in [-0.1, -0.05) is 65.0 Å². The Morgan fingerprint density at radius 3 is 2.00 bits per heavy atom. The molecule has 3 aliphatic rings. The molecule has 212 valence electrons. The Labute approximate surface area is 246 Å². The highest BCUT2D eigenvalue weighted by Crippen LogP contribution is 2.55. The van der Waals surface area contributed by atoms with Crippen LogP contribution in [-0.4, -0.2) is 30.1 Å². The Kier molecular flexibility index (Phi) is 7.77. The first-order valence-corrected chi connectivity index (χ1v) is 15.1. The van der Waals surface area contributed by atoms with Crippen molar-refractivity contribution >= 4 is 27.5 Å². The minimum absolute atomic E-state index is 0.133. The molecule has 40 heavy (non-hydrogen) atoms. The van der Waals surface area contributed by atoms with Crippen molar-refractivity contribution in [1.82, 2.24) is 4.90 Å². The maximum atomic E-state index is 14.0. The number of rotatable bonds is 7. The molecule has 2 aliphatic carbocycles. The molecular weight excluding hydrogens is 566 g/mol. The Balaban J connectivity index is 1.67. The summed E-state index contributed by atoms with van der Waals surface area (Å²) in [5.41, 5.74) is 5.43. The van der Waals surface area contributed by atoms with Crippen molar-refractivity contribution in [3.05, 3.63) is 80.6 Å². The highest BCUT2D eigenvalue weighted by molar-refractivity contribution is 9.10. The Hall–Kier alpha value is -2.86. The van der Waals surface area contributed by atoms with Gasteiger partial charge in [-0.3, -0.25) is 9.59 Å². The number of hydrogen-bond acceptors (Lipinski definition) is 5. The van der Waals surface area contributed by atoms with Gasteiger partial charge in [-0.25, -0.2) is 0 Å². The van der Waals surface area contributed by atoms with Gasteiger partial charge < -0.3 is 14.4 Å². The number of carbonyl (C=O) groups excluding carboxylic acids is 2. The van der Waals surface area contributed by atoms with Crippen molar-refractivity contribution in [1.29, 1.82) is 0 Å². The van der Waals surface area contributed by atoms with Crippen LogP contribution in [0.1, 0.15) is 83.8 Å². The lowest BCUT2D eigenvalue weighted by Crippen LogP contribution is -2.44. The van der Waals surface area contributed by atoms with E-state index in [2.05, 4.69) is 55.4 Å². The van der Waals surface area contributed by atoms with E-state index in [1.807, 2.05) is 42.5 Å². The molecule has 2 aromatic carbocycles. The second-order valence-corrected chi connectivity index (χ2v) is 13.8. The van der Waals surface area contributed by atoms with E-state index in [1.165, 1.54) is 0 Å². The van der Waals surface area contributed by atoms with Crippen molar-refractivity contribution in [3.8, 4) is 11.5 Å². The van der Waals surface area contributed by atoms with Crippen LogP contribution in [0.3, 0.4) is 0 Å². The molecular formula is C34H40BrNO4. The molecule has 0 spiro atoms. The highest BCUT2D eigenvalue weighted by Gasteiger charge is 2.49. The Bertz CT molecular complexity index is 1350. The molecule has 5 rings (SSSR count). The van der Waals surface area contributed by atoms with Gasteiger partial charge in [0.15, 0.2) is 23.1 Å². The third-order valence-corrected chi connectivity index (χ3v) is 8.87. The van der Waals surface area contributed by atoms with Gasteiger partial charge in [-0.2, -0.15) is 0 Å². The SMILES string of the molecule is CCCN1C2=C(C(=O)CC(C)(C)C2)C(c2cc(Br)c(OCc3ccccc3)c(OC)c2)C2=C1CC(C)(C)CC2=O. The lowest BCUT2D eigenvalue weighted by molar-refractivity contribution is -0.119. The average Bonchev–Trinajstić information content (AvgIpc) is 2.87. The largest absolute Gasteiger partial charge is 0.493 e. The summed E-state index contributed by atoms with van der Waals surface area (Å²) in [4.78, 5) is 30.3. The fourth-order valence-corrected chi connectivity index (χ4v) is 7.23. The van der Waals surface area contributed by atoms with Gasteiger partial charge in [0.1, 0.15) is 6.61 Å². The van der Waals surface area contributed by atoms with Crippen LogP contribution in [0, 0.1) is 10.8 Å². The van der Waals surface area contributed by atoms with Gasteiger partial charge >= 0.3 is 0 Å². The summed E-state index contributed by atoms with van der Waals surface area (Å²) in [5, 5.41) is 0. The number of nitrogens with zero attached hydrogens (tertiary/aromatic N) is 1. The monoisotopic (exact) mass is 605 g/mol. The van der Waals surface area contributed by atoms with Crippen LogP contribution >= 0.6 is 15.9 Å².